The van der Waals surface area contributed by atoms with E-state index in [4.69, 9.17) is 0 Å². The summed E-state index contributed by atoms with van der Waals surface area (Å²) in [6, 6.07) is 8.99. The van der Waals surface area contributed by atoms with Crippen LogP contribution in [0.3, 0.4) is 0 Å². The van der Waals surface area contributed by atoms with Crippen LogP contribution < -0.4 is 5.32 Å². The van der Waals surface area contributed by atoms with E-state index in [1.807, 2.05) is 29.2 Å². The van der Waals surface area contributed by atoms with Gasteiger partial charge in [-0.2, -0.15) is 0 Å². The molecule has 3 nitrogen and oxygen atoms in total. The summed E-state index contributed by atoms with van der Waals surface area (Å²) in [5.41, 5.74) is 0.813. The van der Waals surface area contributed by atoms with Crippen molar-refractivity contribution in [3.8, 4) is 0 Å². The van der Waals surface area contributed by atoms with Crippen molar-refractivity contribution in [2.45, 2.75) is 31.3 Å². The molecule has 104 valence electrons. The first kappa shape index (κ1) is 15.1. The minimum absolute atomic E-state index is 0. The Kier molecular flexibility index (Phi) is 5.09. The zero-order valence-electron chi connectivity index (χ0n) is 10.6. The molecule has 2 bridgehead atoms. The second kappa shape index (κ2) is 6.41. The van der Waals surface area contributed by atoms with Crippen LogP contribution in [-0.4, -0.2) is 36.0 Å². The van der Waals surface area contributed by atoms with Crippen molar-refractivity contribution < 1.29 is 4.79 Å². The van der Waals surface area contributed by atoms with Crippen molar-refractivity contribution in [1.82, 2.24) is 10.2 Å². The first-order chi connectivity index (χ1) is 8.72. The van der Waals surface area contributed by atoms with Gasteiger partial charge in [0.15, 0.2) is 0 Å². The summed E-state index contributed by atoms with van der Waals surface area (Å²) >= 11 is 2.26. The second-order valence-corrected chi connectivity index (χ2v) is 6.43. The average Bonchev–Trinajstić information content (AvgIpc) is 2.69. The molecular weight excluding hydrogens is 375 g/mol. The number of fused-ring (bicyclic) bond motifs is 2. The van der Waals surface area contributed by atoms with Crippen LogP contribution >= 0.6 is 35.0 Å². The van der Waals surface area contributed by atoms with Crippen LogP contribution in [0.15, 0.2) is 24.3 Å². The topological polar surface area (TPSA) is 32.3 Å². The van der Waals surface area contributed by atoms with Gasteiger partial charge in [0.05, 0.1) is 0 Å². The smallest absolute Gasteiger partial charge is 0.253 e. The van der Waals surface area contributed by atoms with Crippen LogP contribution in [0.25, 0.3) is 0 Å². The van der Waals surface area contributed by atoms with E-state index < -0.39 is 0 Å². The summed E-state index contributed by atoms with van der Waals surface area (Å²) in [5.74, 6) is 0.181. The molecule has 2 heterocycles. The molecule has 1 aromatic carbocycles. The number of likely N-dealkylation sites (tertiary alicyclic amines) is 1. The average molecular weight is 393 g/mol. The van der Waals surface area contributed by atoms with Gasteiger partial charge in [-0.25, -0.2) is 0 Å². The third kappa shape index (κ3) is 3.41. The molecule has 0 spiro atoms. The molecule has 2 fully saturated rings. The molecule has 2 aliphatic heterocycles. The lowest BCUT2D eigenvalue weighted by Gasteiger charge is -2.24. The molecule has 1 amide bonds. The van der Waals surface area contributed by atoms with Crippen LogP contribution in [0.4, 0.5) is 0 Å². The molecule has 2 atom stereocenters. The zero-order valence-corrected chi connectivity index (χ0v) is 13.6. The normalized spacial score (nSPS) is 25.6. The van der Waals surface area contributed by atoms with Gasteiger partial charge in [-0.1, -0.05) is 0 Å². The molecule has 0 aromatic heterocycles. The van der Waals surface area contributed by atoms with Gasteiger partial charge in [0.25, 0.3) is 5.91 Å². The number of nitrogens with zero attached hydrogens (tertiary/aromatic N) is 1. The number of amides is 1. The molecule has 0 radical (unpaired) electrons. The van der Waals surface area contributed by atoms with Crippen molar-refractivity contribution in [2.24, 2.45) is 0 Å². The predicted octanol–water partition coefficient (Wildman–Crippen LogP) is 2.68. The predicted molar refractivity (Wildman–Crippen MR) is 86.9 cm³/mol. The van der Waals surface area contributed by atoms with Gasteiger partial charge >= 0.3 is 0 Å². The minimum atomic E-state index is 0. The van der Waals surface area contributed by atoms with Gasteiger partial charge in [-0.3, -0.25) is 4.79 Å². The van der Waals surface area contributed by atoms with E-state index in [9.17, 15) is 4.79 Å². The van der Waals surface area contributed by atoms with Crippen molar-refractivity contribution in [1.29, 1.82) is 0 Å². The van der Waals surface area contributed by atoms with E-state index in [1.165, 1.54) is 16.4 Å². The Hall–Kier alpha value is -0.330. The molecular formula is C14H18ClIN2O. The molecule has 2 aliphatic rings. The quantitative estimate of drug-likeness (QED) is 0.745. The van der Waals surface area contributed by atoms with E-state index in [-0.39, 0.29) is 18.3 Å². The third-order valence-corrected chi connectivity index (χ3v) is 4.62. The Morgan fingerprint density at radius 1 is 1.16 bits per heavy atom. The Balaban J connectivity index is 0.00000133. The number of benzene rings is 1. The number of rotatable bonds is 1. The van der Waals surface area contributed by atoms with Gasteiger partial charge in [0.1, 0.15) is 0 Å². The van der Waals surface area contributed by atoms with E-state index in [0.717, 1.165) is 25.1 Å². The van der Waals surface area contributed by atoms with Gasteiger partial charge in [-0.15, -0.1) is 12.4 Å². The Morgan fingerprint density at radius 3 is 2.58 bits per heavy atom. The van der Waals surface area contributed by atoms with E-state index in [1.54, 1.807) is 0 Å². The maximum Gasteiger partial charge on any atom is 0.253 e. The number of halogens is 2. The Labute approximate surface area is 133 Å². The highest BCUT2D eigenvalue weighted by Gasteiger charge is 2.31. The fourth-order valence-electron chi connectivity index (χ4n) is 2.90. The van der Waals surface area contributed by atoms with E-state index >= 15 is 0 Å². The highest BCUT2D eigenvalue weighted by atomic mass is 127. The van der Waals surface area contributed by atoms with Gasteiger partial charge in [0.2, 0.25) is 0 Å². The lowest BCUT2D eigenvalue weighted by atomic mass is 10.1. The van der Waals surface area contributed by atoms with Crippen molar-refractivity contribution in [3.05, 3.63) is 33.4 Å². The number of carbonyl (C=O) groups excluding carboxylic acids is 1. The van der Waals surface area contributed by atoms with Crippen LogP contribution in [0, 0.1) is 3.57 Å². The number of hydrogen-bond donors (Lipinski definition) is 1. The molecule has 19 heavy (non-hydrogen) atoms. The number of hydrogen-bond acceptors (Lipinski definition) is 2. The highest BCUT2D eigenvalue weighted by Crippen LogP contribution is 2.21. The molecule has 0 aliphatic carbocycles. The summed E-state index contributed by atoms with van der Waals surface area (Å²) in [5, 5.41) is 3.60. The monoisotopic (exact) mass is 392 g/mol. The highest BCUT2D eigenvalue weighted by molar-refractivity contribution is 14.1. The minimum Gasteiger partial charge on any atom is -0.337 e. The molecule has 0 saturated carbocycles. The number of carbonyl (C=O) groups is 1. The van der Waals surface area contributed by atoms with Gasteiger partial charge in [-0.05, 0) is 66.1 Å². The van der Waals surface area contributed by atoms with Crippen molar-refractivity contribution in [2.75, 3.05) is 13.1 Å². The Morgan fingerprint density at radius 2 is 1.84 bits per heavy atom. The van der Waals surface area contributed by atoms with Crippen LogP contribution in [0.2, 0.25) is 0 Å². The summed E-state index contributed by atoms with van der Waals surface area (Å²) in [4.78, 5) is 14.4. The lowest BCUT2D eigenvalue weighted by molar-refractivity contribution is 0.0748. The molecule has 1 aromatic rings. The largest absolute Gasteiger partial charge is 0.337 e. The summed E-state index contributed by atoms with van der Waals surface area (Å²) < 4.78 is 1.17. The van der Waals surface area contributed by atoms with E-state index in [2.05, 4.69) is 27.9 Å². The standard InChI is InChI=1S/C14H17IN2O.ClH/c15-11-3-1-10(2-4-11)14(18)17-8-7-12-5-6-13(9-17)16-12;/h1-4,12-13,16H,5-9H2;1H. The van der Waals surface area contributed by atoms with Crippen LogP contribution in [0.5, 0.6) is 0 Å². The van der Waals surface area contributed by atoms with Gasteiger partial charge < -0.3 is 10.2 Å². The van der Waals surface area contributed by atoms with Crippen molar-refractivity contribution in [3.63, 3.8) is 0 Å². The maximum atomic E-state index is 12.4. The lowest BCUT2D eigenvalue weighted by Crippen LogP contribution is -2.39. The maximum absolute atomic E-state index is 12.4. The summed E-state index contributed by atoms with van der Waals surface area (Å²) in [6.45, 7) is 1.75. The van der Waals surface area contributed by atoms with Crippen LogP contribution in [0.1, 0.15) is 29.6 Å². The summed E-state index contributed by atoms with van der Waals surface area (Å²) in [6.07, 6.45) is 3.57. The first-order valence-corrected chi connectivity index (χ1v) is 7.61. The van der Waals surface area contributed by atoms with Crippen LogP contribution in [-0.2, 0) is 0 Å². The molecule has 2 saturated heterocycles. The zero-order chi connectivity index (χ0) is 12.5. The third-order valence-electron chi connectivity index (χ3n) is 3.90. The summed E-state index contributed by atoms with van der Waals surface area (Å²) in [7, 11) is 0. The van der Waals surface area contributed by atoms with E-state index in [0.29, 0.717) is 12.1 Å². The first-order valence-electron chi connectivity index (χ1n) is 6.53. The second-order valence-electron chi connectivity index (χ2n) is 5.18. The SMILES string of the molecule is Cl.O=C(c1ccc(I)cc1)N1CCC2CCC(C1)N2. The molecule has 3 rings (SSSR count). The molecule has 1 N–H and O–H groups in total. The number of nitrogens with one attached hydrogen (secondary N) is 1. The fraction of sp³-hybridized carbons (Fsp3) is 0.500. The molecule has 2 unspecified atom stereocenters. The molecule has 5 heteroatoms. The van der Waals surface area contributed by atoms with Gasteiger partial charge in [0, 0.05) is 34.3 Å². The van der Waals surface area contributed by atoms with Crippen molar-refractivity contribution >= 4 is 40.9 Å². The fourth-order valence-corrected chi connectivity index (χ4v) is 3.26. The Bertz CT molecular complexity index is 451.